The molecule has 0 bridgehead atoms. The van der Waals surface area contributed by atoms with Crippen molar-refractivity contribution in [1.82, 2.24) is 0 Å². The van der Waals surface area contributed by atoms with Gasteiger partial charge in [-0.3, -0.25) is 0 Å². The topological polar surface area (TPSA) is 26.0 Å². The van der Waals surface area contributed by atoms with Crippen LogP contribution >= 0.6 is 0 Å². The second-order valence-corrected chi connectivity index (χ2v) is 4.36. The first-order valence-electron chi connectivity index (χ1n) is 6.20. The molecule has 0 aliphatic rings. The minimum atomic E-state index is -0.176. The minimum absolute atomic E-state index is 0.169. The van der Waals surface area contributed by atoms with Crippen LogP contribution in [0.1, 0.15) is 51.1 Å². The van der Waals surface area contributed by atoms with Crippen LogP contribution in [0.2, 0.25) is 0 Å². The molecule has 0 saturated heterocycles. The Kier molecular flexibility index (Phi) is 5.47. The third-order valence-electron chi connectivity index (χ3n) is 3.23. The first-order chi connectivity index (χ1) is 7.70. The predicted octanol–water partition coefficient (Wildman–Crippen LogP) is 4.04. The van der Waals surface area contributed by atoms with Gasteiger partial charge in [-0.2, -0.15) is 0 Å². The molecule has 2 heteroatoms. The molecule has 2 unspecified atom stereocenters. The van der Waals surface area contributed by atoms with Crippen molar-refractivity contribution < 1.29 is 4.39 Å². The van der Waals surface area contributed by atoms with Crippen molar-refractivity contribution in [3.8, 4) is 0 Å². The lowest BCUT2D eigenvalue weighted by Crippen LogP contribution is -2.22. The van der Waals surface area contributed by atoms with Crippen LogP contribution in [0.15, 0.2) is 24.3 Å². The fourth-order valence-corrected chi connectivity index (χ4v) is 2.10. The fraction of sp³-hybridized carbons (Fsp3) is 0.571. The summed E-state index contributed by atoms with van der Waals surface area (Å²) in [5, 5.41) is 0. The van der Waals surface area contributed by atoms with Gasteiger partial charge in [0.15, 0.2) is 0 Å². The molecular formula is C14H22FN. The Morgan fingerprint density at radius 2 is 1.94 bits per heavy atom. The van der Waals surface area contributed by atoms with Crippen molar-refractivity contribution >= 4 is 0 Å². The zero-order valence-corrected chi connectivity index (χ0v) is 10.2. The van der Waals surface area contributed by atoms with Crippen molar-refractivity contribution in [3.63, 3.8) is 0 Å². The molecule has 1 rings (SSSR count). The molecule has 0 aromatic heterocycles. The largest absolute Gasteiger partial charge is 0.324 e. The molecule has 2 atom stereocenters. The number of hydrogen-bond acceptors (Lipinski definition) is 1. The van der Waals surface area contributed by atoms with E-state index in [1.807, 2.05) is 6.07 Å². The molecular weight excluding hydrogens is 201 g/mol. The van der Waals surface area contributed by atoms with Crippen LogP contribution in [0.5, 0.6) is 0 Å². The number of unbranched alkanes of at least 4 members (excludes halogenated alkanes) is 1. The summed E-state index contributed by atoms with van der Waals surface area (Å²) in [7, 11) is 0. The van der Waals surface area contributed by atoms with Gasteiger partial charge in [0.25, 0.3) is 0 Å². The molecule has 0 aliphatic carbocycles. The molecule has 2 N–H and O–H groups in total. The highest BCUT2D eigenvalue weighted by Gasteiger charge is 2.19. The molecule has 90 valence electrons. The number of nitrogens with two attached hydrogens (primary N) is 1. The number of hydrogen-bond donors (Lipinski definition) is 1. The van der Waals surface area contributed by atoms with Gasteiger partial charge < -0.3 is 5.73 Å². The molecule has 0 heterocycles. The summed E-state index contributed by atoms with van der Waals surface area (Å²) in [6, 6.07) is 6.68. The lowest BCUT2D eigenvalue weighted by molar-refractivity contribution is 0.369. The number of halogens is 1. The summed E-state index contributed by atoms with van der Waals surface area (Å²) in [6.07, 6.45) is 4.43. The second-order valence-electron chi connectivity index (χ2n) is 4.36. The molecule has 0 amide bonds. The minimum Gasteiger partial charge on any atom is -0.324 e. The predicted molar refractivity (Wildman–Crippen MR) is 66.6 cm³/mol. The van der Waals surface area contributed by atoms with E-state index in [2.05, 4.69) is 13.8 Å². The van der Waals surface area contributed by atoms with Crippen molar-refractivity contribution in [2.24, 2.45) is 11.7 Å². The first kappa shape index (κ1) is 13.2. The van der Waals surface area contributed by atoms with Gasteiger partial charge in [0.1, 0.15) is 5.82 Å². The molecule has 1 aromatic carbocycles. The summed E-state index contributed by atoms with van der Waals surface area (Å²) >= 11 is 0. The first-order valence-corrected chi connectivity index (χ1v) is 6.20. The van der Waals surface area contributed by atoms with E-state index in [4.69, 9.17) is 5.73 Å². The van der Waals surface area contributed by atoms with Crippen molar-refractivity contribution in [3.05, 3.63) is 35.6 Å². The summed E-state index contributed by atoms with van der Waals surface area (Å²) in [5.74, 6) is 0.210. The second kappa shape index (κ2) is 6.64. The van der Waals surface area contributed by atoms with Crippen LogP contribution in [0, 0.1) is 11.7 Å². The monoisotopic (exact) mass is 223 g/mol. The Hall–Kier alpha value is -0.890. The van der Waals surface area contributed by atoms with Crippen LogP contribution in [-0.4, -0.2) is 0 Å². The molecule has 1 nitrogen and oxygen atoms in total. The SMILES string of the molecule is CCCCC(CC)C(N)c1ccccc1F. The molecule has 0 spiro atoms. The Morgan fingerprint density at radius 3 is 2.50 bits per heavy atom. The van der Waals surface area contributed by atoms with Gasteiger partial charge in [-0.1, -0.05) is 51.3 Å². The zero-order valence-electron chi connectivity index (χ0n) is 10.2. The van der Waals surface area contributed by atoms with E-state index < -0.39 is 0 Å². The highest BCUT2D eigenvalue weighted by molar-refractivity contribution is 5.21. The van der Waals surface area contributed by atoms with Crippen LogP contribution in [0.3, 0.4) is 0 Å². The summed E-state index contributed by atoms with van der Waals surface area (Å²) in [6.45, 7) is 4.29. The standard InChI is InChI=1S/C14H22FN/c1-3-5-8-11(4-2)14(16)12-9-6-7-10-13(12)15/h6-7,9-11,14H,3-5,8,16H2,1-2H3. The number of benzene rings is 1. The fourth-order valence-electron chi connectivity index (χ4n) is 2.10. The van der Waals surface area contributed by atoms with Crippen molar-refractivity contribution in [2.45, 2.75) is 45.6 Å². The van der Waals surface area contributed by atoms with Crippen LogP contribution in [-0.2, 0) is 0 Å². The molecule has 0 aliphatic heterocycles. The maximum atomic E-state index is 13.6. The summed E-state index contributed by atoms with van der Waals surface area (Å²) < 4.78 is 13.6. The number of rotatable bonds is 6. The lowest BCUT2D eigenvalue weighted by atomic mass is 9.87. The lowest BCUT2D eigenvalue weighted by Gasteiger charge is -2.23. The molecule has 0 saturated carbocycles. The Bertz CT molecular complexity index is 311. The Morgan fingerprint density at radius 1 is 1.25 bits per heavy atom. The van der Waals surface area contributed by atoms with Gasteiger partial charge >= 0.3 is 0 Å². The summed E-state index contributed by atoms with van der Waals surface area (Å²) in [5.41, 5.74) is 6.81. The third-order valence-corrected chi connectivity index (χ3v) is 3.23. The van der Waals surface area contributed by atoms with Gasteiger partial charge in [-0.05, 0) is 18.4 Å². The van der Waals surface area contributed by atoms with E-state index in [0.717, 1.165) is 12.8 Å². The van der Waals surface area contributed by atoms with E-state index in [0.29, 0.717) is 11.5 Å². The van der Waals surface area contributed by atoms with Gasteiger partial charge in [-0.15, -0.1) is 0 Å². The van der Waals surface area contributed by atoms with Crippen molar-refractivity contribution in [2.75, 3.05) is 0 Å². The normalized spacial score (nSPS) is 14.8. The molecule has 0 radical (unpaired) electrons. The van der Waals surface area contributed by atoms with Crippen LogP contribution in [0.25, 0.3) is 0 Å². The third kappa shape index (κ3) is 3.31. The van der Waals surface area contributed by atoms with Gasteiger partial charge in [0.05, 0.1) is 0 Å². The molecule has 0 fully saturated rings. The molecule has 16 heavy (non-hydrogen) atoms. The zero-order chi connectivity index (χ0) is 12.0. The van der Waals surface area contributed by atoms with E-state index in [9.17, 15) is 4.39 Å². The summed E-state index contributed by atoms with van der Waals surface area (Å²) in [4.78, 5) is 0. The van der Waals surface area contributed by atoms with E-state index in [-0.39, 0.29) is 11.9 Å². The van der Waals surface area contributed by atoms with E-state index in [1.165, 1.54) is 18.9 Å². The highest BCUT2D eigenvalue weighted by atomic mass is 19.1. The highest BCUT2D eigenvalue weighted by Crippen LogP contribution is 2.28. The average molecular weight is 223 g/mol. The van der Waals surface area contributed by atoms with Gasteiger partial charge in [0.2, 0.25) is 0 Å². The maximum absolute atomic E-state index is 13.6. The smallest absolute Gasteiger partial charge is 0.127 e. The van der Waals surface area contributed by atoms with Gasteiger partial charge in [0, 0.05) is 11.6 Å². The van der Waals surface area contributed by atoms with Gasteiger partial charge in [-0.25, -0.2) is 4.39 Å². The Balaban J connectivity index is 2.74. The maximum Gasteiger partial charge on any atom is 0.127 e. The average Bonchev–Trinajstić information content (AvgIpc) is 2.30. The quantitative estimate of drug-likeness (QED) is 0.773. The van der Waals surface area contributed by atoms with E-state index >= 15 is 0 Å². The van der Waals surface area contributed by atoms with Crippen LogP contribution < -0.4 is 5.73 Å². The van der Waals surface area contributed by atoms with Crippen molar-refractivity contribution in [1.29, 1.82) is 0 Å². The Labute approximate surface area is 97.9 Å². The molecule has 1 aromatic rings. The van der Waals surface area contributed by atoms with E-state index in [1.54, 1.807) is 12.1 Å². The van der Waals surface area contributed by atoms with Crippen LogP contribution in [0.4, 0.5) is 4.39 Å².